The molecule has 1 aliphatic heterocycles. The molecule has 0 amide bonds. The summed E-state index contributed by atoms with van der Waals surface area (Å²) in [6.07, 6.45) is 12.5. The lowest BCUT2D eigenvalue weighted by atomic mass is 10.0. The van der Waals surface area contributed by atoms with Crippen LogP contribution in [0, 0.1) is 11.8 Å². The third kappa shape index (κ3) is 5.68. The lowest BCUT2D eigenvalue weighted by Crippen LogP contribution is -2.06. The second kappa shape index (κ2) is 12.7. The molecule has 2 aromatic carbocycles. The third-order valence-corrected chi connectivity index (χ3v) is 12.7. The second-order valence-electron chi connectivity index (χ2n) is 11.8. The highest BCUT2D eigenvalue weighted by Crippen LogP contribution is 2.50. The Morgan fingerprint density at radius 3 is 1.79 bits per heavy atom. The highest BCUT2D eigenvalue weighted by atomic mass is 79.9. The molecule has 1 heterocycles. The van der Waals surface area contributed by atoms with Crippen molar-refractivity contribution in [1.82, 2.24) is 0 Å². The number of ketones is 1. The number of benzene rings is 2. The summed E-state index contributed by atoms with van der Waals surface area (Å²) < 4.78 is 15.8. The van der Waals surface area contributed by atoms with Gasteiger partial charge in [-0.1, -0.05) is 61.6 Å². The molecule has 0 saturated carbocycles. The van der Waals surface area contributed by atoms with Crippen molar-refractivity contribution in [2.24, 2.45) is 11.8 Å². The minimum absolute atomic E-state index is 0.144. The van der Waals surface area contributed by atoms with Crippen molar-refractivity contribution in [1.29, 1.82) is 0 Å². The molecule has 0 N–H and O–H groups in total. The van der Waals surface area contributed by atoms with E-state index in [1.165, 1.54) is 90.9 Å². The standard InChI is InChI=1S/C14H16Br2O.C13H12Br2O.C5H10O/c1-7-6-10-11(14(7)17-2)13(16)9-5-3-4-8(9)12(10)15;1-6-5-9-10(13(6)16)12(15)8-4-2-3-7(8)11(9)14;1-5-3-2-4-6-5/h7,14H,3-6H2,1-2H3;6H,2-5H2,1H3;5H,2-4H2,1H3. The van der Waals surface area contributed by atoms with Gasteiger partial charge < -0.3 is 9.47 Å². The highest BCUT2D eigenvalue weighted by Gasteiger charge is 2.37. The molecule has 4 unspecified atom stereocenters. The van der Waals surface area contributed by atoms with E-state index < -0.39 is 0 Å². The average Bonchev–Trinajstić information content (AvgIpc) is 3.73. The van der Waals surface area contributed by atoms with Gasteiger partial charge in [0.2, 0.25) is 0 Å². The van der Waals surface area contributed by atoms with Gasteiger partial charge in [-0.05, 0) is 132 Å². The van der Waals surface area contributed by atoms with Crippen LogP contribution in [0.2, 0.25) is 0 Å². The summed E-state index contributed by atoms with van der Waals surface area (Å²) in [5.41, 5.74) is 10.8. The van der Waals surface area contributed by atoms with Crippen LogP contribution in [0.15, 0.2) is 17.9 Å². The van der Waals surface area contributed by atoms with Crippen molar-refractivity contribution >= 4 is 69.5 Å². The van der Waals surface area contributed by atoms with Crippen LogP contribution in [0.4, 0.5) is 0 Å². The number of carbonyl (C=O) groups excluding carboxylic acids is 1. The molecule has 7 rings (SSSR count). The van der Waals surface area contributed by atoms with Gasteiger partial charge in [0, 0.05) is 43.1 Å². The zero-order chi connectivity index (χ0) is 28.0. The fraction of sp³-hybridized carbons (Fsp3) is 0.594. The van der Waals surface area contributed by atoms with Gasteiger partial charge in [-0.15, -0.1) is 0 Å². The summed E-state index contributed by atoms with van der Waals surface area (Å²) in [5, 5.41) is 0. The maximum atomic E-state index is 12.1. The first-order chi connectivity index (χ1) is 18.6. The molecule has 5 aliphatic rings. The fourth-order valence-corrected chi connectivity index (χ4v) is 10.4. The summed E-state index contributed by atoms with van der Waals surface area (Å²) in [7, 11) is 1.82. The Labute approximate surface area is 267 Å². The maximum absolute atomic E-state index is 12.1. The van der Waals surface area contributed by atoms with E-state index in [1.54, 1.807) is 0 Å². The molecular weight excluding hydrogens is 752 g/mol. The van der Waals surface area contributed by atoms with Crippen molar-refractivity contribution in [3.63, 3.8) is 0 Å². The molecule has 7 heteroatoms. The van der Waals surface area contributed by atoms with Crippen LogP contribution in [-0.2, 0) is 48.0 Å². The third-order valence-electron chi connectivity index (χ3n) is 9.05. The zero-order valence-corrected chi connectivity index (χ0v) is 29.7. The number of hydrogen-bond donors (Lipinski definition) is 0. The molecule has 0 bridgehead atoms. The van der Waals surface area contributed by atoms with E-state index in [9.17, 15) is 4.79 Å². The first kappa shape index (κ1) is 30.4. The Balaban J connectivity index is 0.000000131. The Bertz CT molecular complexity index is 1280. The van der Waals surface area contributed by atoms with Gasteiger partial charge in [-0.2, -0.15) is 0 Å². The van der Waals surface area contributed by atoms with Crippen molar-refractivity contribution in [3.8, 4) is 0 Å². The molecule has 0 spiro atoms. The molecule has 4 aliphatic carbocycles. The van der Waals surface area contributed by atoms with E-state index in [0.29, 0.717) is 17.8 Å². The first-order valence-electron chi connectivity index (χ1n) is 14.4. The summed E-state index contributed by atoms with van der Waals surface area (Å²) in [6, 6.07) is 0. The summed E-state index contributed by atoms with van der Waals surface area (Å²) in [4.78, 5) is 12.1. The van der Waals surface area contributed by atoms with E-state index >= 15 is 0 Å². The molecule has 3 nitrogen and oxygen atoms in total. The van der Waals surface area contributed by atoms with Crippen LogP contribution in [0.25, 0.3) is 0 Å². The minimum atomic E-state index is 0.144. The van der Waals surface area contributed by atoms with Gasteiger partial charge in [0.15, 0.2) is 5.78 Å². The first-order valence-corrected chi connectivity index (χ1v) is 17.5. The smallest absolute Gasteiger partial charge is 0.167 e. The zero-order valence-electron chi connectivity index (χ0n) is 23.3. The number of ether oxygens (including phenoxy) is 2. The minimum Gasteiger partial charge on any atom is -0.379 e. The lowest BCUT2D eigenvalue weighted by molar-refractivity contribution is 0.0690. The summed E-state index contributed by atoms with van der Waals surface area (Å²) in [5.74, 6) is 1.02. The predicted molar refractivity (Wildman–Crippen MR) is 172 cm³/mol. The molecule has 0 aromatic heterocycles. The largest absolute Gasteiger partial charge is 0.379 e. The quantitative estimate of drug-likeness (QED) is 0.289. The summed E-state index contributed by atoms with van der Waals surface area (Å²) in [6.45, 7) is 7.40. The van der Waals surface area contributed by atoms with E-state index in [2.05, 4.69) is 77.6 Å². The van der Waals surface area contributed by atoms with Gasteiger partial charge in [0.25, 0.3) is 0 Å². The van der Waals surface area contributed by atoms with Gasteiger partial charge in [-0.3, -0.25) is 4.79 Å². The predicted octanol–water partition coefficient (Wildman–Crippen LogP) is 9.84. The summed E-state index contributed by atoms with van der Waals surface area (Å²) >= 11 is 15.0. The SMILES string of the molecule is CC1CCCO1.CC1Cc2c(Br)c3c(c(Br)c2C1=O)CCC3.COC1c2c(Br)c3c(c(Br)c2CC1C)CCC3. The number of Topliss-reactive ketones (excluding diaryl/α,β-unsaturated/α-hetero) is 1. The van der Waals surface area contributed by atoms with Crippen LogP contribution >= 0.6 is 63.7 Å². The molecule has 1 fully saturated rings. The second-order valence-corrected chi connectivity index (χ2v) is 14.9. The molecule has 2 aromatic rings. The van der Waals surface area contributed by atoms with Crippen molar-refractivity contribution < 1.29 is 14.3 Å². The van der Waals surface area contributed by atoms with E-state index in [0.717, 1.165) is 42.3 Å². The lowest BCUT2D eigenvalue weighted by Gasteiger charge is -2.18. The van der Waals surface area contributed by atoms with Gasteiger partial charge in [0.1, 0.15) is 0 Å². The Hall–Kier alpha value is -0.0500. The van der Waals surface area contributed by atoms with E-state index in [4.69, 9.17) is 9.47 Å². The Morgan fingerprint density at radius 2 is 1.28 bits per heavy atom. The number of methoxy groups -OCH3 is 1. The molecule has 0 radical (unpaired) electrons. The molecule has 212 valence electrons. The van der Waals surface area contributed by atoms with Crippen LogP contribution in [0.1, 0.15) is 102 Å². The monoisotopic (exact) mass is 786 g/mol. The van der Waals surface area contributed by atoms with Gasteiger partial charge in [-0.25, -0.2) is 0 Å². The highest BCUT2D eigenvalue weighted by molar-refractivity contribution is 9.11. The number of carbonyl (C=O) groups is 1. The van der Waals surface area contributed by atoms with Crippen LogP contribution in [0.3, 0.4) is 0 Å². The van der Waals surface area contributed by atoms with Crippen LogP contribution in [-0.4, -0.2) is 25.6 Å². The molecule has 4 atom stereocenters. The topological polar surface area (TPSA) is 35.5 Å². The maximum Gasteiger partial charge on any atom is 0.167 e. The number of hydrogen-bond acceptors (Lipinski definition) is 3. The van der Waals surface area contributed by atoms with E-state index in [-0.39, 0.29) is 12.0 Å². The number of rotatable bonds is 1. The van der Waals surface area contributed by atoms with Gasteiger partial charge in [0.05, 0.1) is 12.2 Å². The molecule has 39 heavy (non-hydrogen) atoms. The molecular formula is C32H38Br4O3. The Kier molecular flexibility index (Phi) is 9.88. The fourth-order valence-electron chi connectivity index (χ4n) is 7.02. The Morgan fingerprint density at radius 1 is 0.718 bits per heavy atom. The van der Waals surface area contributed by atoms with Crippen LogP contribution in [0.5, 0.6) is 0 Å². The average molecular weight is 790 g/mol. The molecule has 1 saturated heterocycles. The normalized spacial score (nSPS) is 25.9. The number of fused-ring (bicyclic) bond motifs is 4. The van der Waals surface area contributed by atoms with Crippen molar-refractivity contribution in [2.75, 3.05) is 13.7 Å². The van der Waals surface area contributed by atoms with Crippen molar-refractivity contribution in [2.45, 2.75) is 97.2 Å². The van der Waals surface area contributed by atoms with E-state index in [1.807, 2.05) is 14.0 Å². The van der Waals surface area contributed by atoms with Crippen LogP contribution < -0.4 is 0 Å². The number of halogens is 4. The van der Waals surface area contributed by atoms with Crippen molar-refractivity contribution in [3.05, 3.63) is 62.4 Å². The van der Waals surface area contributed by atoms with Gasteiger partial charge >= 0.3 is 0 Å².